The number of ketones is 2. The van der Waals surface area contributed by atoms with E-state index in [-0.39, 0.29) is 5.92 Å². The highest BCUT2D eigenvalue weighted by Crippen LogP contribution is 2.33. The number of rotatable bonds is 2. The van der Waals surface area contributed by atoms with Gasteiger partial charge in [0, 0.05) is 24.7 Å². The van der Waals surface area contributed by atoms with E-state index in [9.17, 15) is 9.59 Å². The molecular weight excluding hydrogens is 200 g/mol. The minimum atomic E-state index is 0.205. The van der Waals surface area contributed by atoms with Crippen LogP contribution in [0.4, 0.5) is 0 Å². The van der Waals surface area contributed by atoms with Crippen molar-refractivity contribution in [3.8, 4) is 0 Å². The second-order valence-electron chi connectivity index (χ2n) is 5.67. The van der Waals surface area contributed by atoms with Gasteiger partial charge in [-0.15, -0.1) is 0 Å². The average Bonchev–Trinajstić information content (AvgIpc) is 2.30. The Kier molecular flexibility index (Phi) is 3.78. The van der Waals surface area contributed by atoms with Gasteiger partial charge in [0.05, 0.1) is 0 Å². The minimum Gasteiger partial charge on any atom is -0.300 e. The Bertz CT molecular complexity index is 264. The molecule has 0 N–H and O–H groups in total. The van der Waals surface area contributed by atoms with Gasteiger partial charge in [0.25, 0.3) is 0 Å². The molecule has 0 amide bonds. The number of carbonyl (C=O) groups is 2. The summed E-state index contributed by atoms with van der Waals surface area (Å²) in [5, 5.41) is 0. The van der Waals surface area contributed by atoms with Crippen LogP contribution in [-0.2, 0) is 9.59 Å². The predicted molar refractivity (Wildman–Crippen MR) is 63.1 cm³/mol. The van der Waals surface area contributed by atoms with E-state index in [2.05, 4.69) is 6.92 Å². The van der Waals surface area contributed by atoms with Crippen LogP contribution >= 0.6 is 0 Å². The molecule has 2 fully saturated rings. The molecule has 0 unspecified atom stereocenters. The lowest BCUT2D eigenvalue weighted by Gasteiger charge is -2.29. The van der Waals surface area contributed by atoms with E-state index >= 15 is 0 Å². The molecule has 0 bridgehead atoms. The van der Waals surface area contributed by atoms with E-state index in [0.717, 1.165) is 31.6 Å². The minimum absolute atomic E-state index is 0.205. The van der Waals surface area contributed by atoms with Gasteiger partial charge in [-0.3, -0.25) is 9.59 Å². The van der Waals surface area contributed by atoms with Crippen molar-refractivity contribution in [2.75, 3.05) is 0 Å². The molecule has 0 heterocycles. The predicted octanol–water partition coefficient (Wildman–Crippen LogP) is 3.14. The zero-order valence-electron chi connectivity index (χ0n) is 10.2. The van der Waals surface area contributed by atoms with Crippen LogP contribution in [0.25, 0.3) is 0 Å². The number of hydrogen-bond acceptors (Lipinski definition) is 2. The van der Waals surface area contributed by atoms with Gasteiger partial charge in [0.1, 0.15) is 11.6 Å². The molecule has 0 aromatic rings. The molecule has 0 aromatic carbocycles. The van der Waals surface area contributed by atoms with Crippen molar-refractivity contribution in [3.05, 3.63) is 0 Å². The summed E-state index contributed by atoms with van der Waals surface area (Å²) in [5.41, 5.74) is 0. The topological polar surface area (TPSA) is 34.1 Å². The van der Waals surface area contributed by atoms with Gasteiger partial charge < -0.3 is 0 Å². The van der Waals surface area contributed by atoms with Gasteiger partial charge in [-0.1, -0.05) is 19.8 Å². The second-order valence-corrected chi connectivity index (χ2v) is 5.67. The average molecular weight is 222 g/mol. The van der Waals surface area contributed by atoms with Crippen molar-refractivity contribution in [1.29, 1.82) is 0 Å². The highest BCUT2D eigenvalue weighted by molar-refractivity contribution is 5.87. The molecular formula is C14H22O2. The van der Waals surface area contributed by atoms with E-state index in [1.165, 1.54) is 12.8 Å². The van der Waals surface area contributed by atoms with E-state index < -0.39 is 0 Å². The fraction of sp³-hybridized carbons (Fsp3) is 0.857. The van der Waals surface area contributed by atoms with Crippen LogP contribution in [0.5, 0.6) is 0 Å². The third kappa shape index (κ3) is 2.72. The summed E-state index contributed by atoms with van der Waals surface area (Å²) < 4.78 is 0. The normalized spacial score (nSPS) is 32.7. The summed E-state index contributed by atoms with van der Waals surface area (Å²) in [6.07, 6.45) is 7.52. The number of hydrogen-bond donors (Lipinski definition) is 0. The zero-order chi connectivity index (χ0) is 11.5. The molecule has 0 saturated heterocycles. The van der Waals surface area contributed by atoms with E-state index in [4.69, 9.17) is 0 Å². The molecule has 2 nitrogen and oxygen atoms in total. The van der Waals surface area contributed by atoms with Gasteiger partial charge in [-0.2, -0.15) is 0 Å². The summed E-state index contributed by atoms with van der Waals surface area (Å²) in [6, 6.07) is 0. The van der Waals surface area contributed by atoms with Gasteiger partial charge in [0.15, 0.2) is 0 Å². The van der Waals surface area contributed by atoms with Gasteiger partial charge in [-0.05, 0) is 31.6 Å². The smallest absolute Gasteiger partial charge is 0.139 e. The monoisotopic (exact) mass is 222 g/mol. The third-order valence-electron chi connectivity index (χ3n) is 4.36. The van der Waals surface area contributed by atoms with Crippen LogP contribution in [0.3, 0.4) is 0 Å². The van der Waals surface area contributed by atoms with Crippen molar-refractivity contribution in [1.82, 2.24) is 0 Å². The molecule has 0 aromatic heterocycles. The van der Waals surface area contributed by atoms with E-state index in [0.29, 0.717) is 30.3 Å². The van der Waals surface area contributed by atoms with Crippen LogP contribution in [-0.4, -0.2) is 11.6 Å². The second kappa shape index (κ2) is 5.11. The van der Waals surface area contributed by atoms with Crippen LogP contribution in [0.1, 0.15) is 58.3 Å². The quantitative estimate of drug-likeness (QED) is 0.719. The van der Waals surface area contributed by atoms with Gasteiger partial charge in [-0.25, -0.2) is 0 Å². The third-order valence-corrected chi connectivity index (χ3v) is 4.36. The Hall–Kier alpha value is -0.660. The molecule has 2 rings (SSSR count). The van der Waals surface area contributed by atoms with Crippen molar-refractivity contribution < 1.29 is 9.59 Å². The Morgan fingerprint density at radius 2 is 1.44 bits per heavy atom. The summed E-state index contributed by atoms with van der Waals surface area (Å²) in [5.74, 6) is 2.14. The van der Waals surface area contributed by atoms with Crippen LogP contribution in [0, 0.1) is 17.8 Å². The molecule has 0 spiro atoms. The Balaban J connectivity index is 1.85. The lowest BCUT2D eigenvalue weighted by molar-refractivity contribution is -0.130. The van der Waals surface area contributed by atoms with Crippen molar-refractivity contribution >= 4 is 11.6 Å². The molecule has 2 heteroatoms. The molecule has 2 aliphatic carbocycles. The fourth-order valence-corrected chi connectivity index (χ4v) is 3.10. The molecule has 16 heavy (non-hydrogen) atoms. The van der Waals surface area contributed by atoms with Crippen molar-refractivity contribution in [3.63, 3.8) is 0 Å². The fourth-order valence-electron chi connectivity index (χ4n) is 3.10. The summed E-state index contributed by atoms with van der Waals surface area (Å²) in [4.78, 5) is 23.4. The van der Waals surface area contributed by atoms with Crippen LogP contribution in [0.2, 0.25) is 0 Å². The zero-order valence-corrected chi connectivity index (χ0v) is 10.2. The van der Waals surface area contributed by atoms with Crippen LogP contribution in [0.15, 0.2) is 0 Å². The summed E-state index contributed by atoms with van der Waals surface area (Å²) in [7, 11) is 0. The standard InChI is InChI=1S/C14H22O2/c1-10-2-4-11(5-3-10)14(16)12-6-8-13(15)9-7-12/h10-12H,2-9H2,1H3. The van der Waals surface area contributed by atoms with Gasteiger partial charge in [0.2, 0.25) is 0 Å². The molecule has 2 saturated carbocycles. The first-order valence-corrected chi connectivity index (χ1v) is 6.72. The molecule has 2 aliphatic rings. The molecule has 0 aliphatic heterocycles. The number of carbonyl (C=O) groups excluding carboxylic acids is 2. The first-order valence-electron chi connectivity index (χ1n) is 6.72. The molecule has 0 radical (unpaired) electrons. The lowest BCUT2D eigenvalue weighted by atomic mass is 9.74. The van der Waals surface area contributed by atoms with Crippen LogP contribution < -0.4 is 0 Å². The lowest BCUT2D eigenvalue weighted by Crippen LogP contribution is -2.30. The maximum absolute atomic E-state index is 12.3. The highest BCUT2D eigenvalue weighted by Gasteiger charge is 2.31. The maximum Gasteiger partial charge on any atom is 0.139 e. The Morgan fingerprint density at radius 3 is 2.00 bits per heavy atom. The molecule has 0 atom stereocenters. The molecule has 90 valence electrons. The Labute approximate surface area is 97.8 Å². The SMILES string of the molecule is CC1CCC(C(=O)C2CCC(=O)CC2)CC1. The van der Waals surface area contributed by atoms with E-state index in [1.54, 1.807) is 0 Å². The number of Topliss-reactive ketones (excluding diaryl/α,β-unsaturated/α-hetero) is 2. The highest BCUT2D eigenvalue weighted by atomic mass is 16.1. The first-order chi connectivity index (χ1) is 7.66. The van der Waals surface area contributed by atoms with Crippen molar-refractivity contribution in [2.45, 2.75) is 58.3 Å². The first kappa shape index (κ1) is 11.8. The van der Waals surface area contributed by atoms with Gasteiger partial charge >= 0.3 is 0 Å². The van der Waals surface area contributed by atoms with Crippen molar-refractivity contribution in [2.24, 2.45) is 17.8 Å². The summed E-state index contributed by atoms with van der Waals surface area (Å²) in [6.45, 7) is 2.28. The largest absolute Gasteiger partial charge is 0.300 e. The van der Waals surface area contributed by atoms with E-state index in [1.807, 2.05) is 0 Å². The summed E-state index contributed by atoms with van der Waals surface area (Å²) >= 11 is 0. The Morgan fingerprint density at radius 1 is 0.938 bits per heavy atom. The maximum atomic E-state index is 12.3.